The van der Waals surface area contributed by atoms with Crippen LogP contribution in [0.2, 0.25) is 0 Å². The van der Waals surface area contributed by atoms with Gasteiger partial charge in [-0.2, -0.15) is 11.3 Å². The maximum absolute atomic E-state index is 12.1. The van der Waals surface area contributed by atoms with Gasteiger partial charge in [-0.25, -0.2) is 0 Å². The van der Waals surface area contributed by atoms with E-state index in [4.69, 9.17) is 10.5 Å². The fraction of sp³-hybridized carbons (Fsp3) is 0.214. The first-order valence-electron chi connectivity index (χ1n) is 5.85. The number of hydrogen-bond acceptors (Lipinski definition) is 4. The van der Waals surface area contributed by atoms with Gasteiger partial charge in [-0.05, 0) is 47.0 Å². The predicted octanol–water partition coefficient (Wildman–Crippen LogP) is 2.58. The van der Waals surface area contributed by atoms with Gasteiger partial charge in [-0.15, -0.1) is 0 Å². The molecule has 2 rings (SSSR count). The summed E-state index contributed by atoms with van der Waals surface area (Å²) in [4.78, 5) is 12.1. The molecule has 1 aromatic heterocycles. The highest BCUT2D eigenvalue weighted by Gasteiger charge is 2.11. The number of hydrogen-bond donors (Lipinski definition) is 2. The van der Waals surface area contributed by atoms with Crippen LogP contribution in [0.1, 0.15) is 21.5 Å². The highest BCUT2D eigenvalue weighted by atomic mass is 32.1. The quantitative estimate of drug-likeness (QED) is 0.844. The molecule has 0 bridgehead atoms. The Bertz CT molecular complexity index is 593. The van der Waals surface area contributed by atoms with Gasteiger partial charge in [0.05, 0.1) is 12.7 Å². The van der Waals surface area contributed by atoms with Gasteiger partial charge in [0, 0.05) is 12.2 Å². The molecule has 0 fully saturated rings. The topological polar surface area (TPSA) is 64.3 Å². The van der Waals surface area contributed by atoms with Crippen LogP contribution in [-0.4, -0.2) is 13.0 Å². The third kappa shape index (κ3) is 3.06. The number of anilines is 1. The SMILES string of the molecule is COc1ccc(N)c(C(=O)NCc2cscc2C)c1. The lowest BCUT2D eigenvalue weighted by molar-refractivity contribution is 0.0951. The maximum Gasteiger partial charge on any atom is 0.253 e. The monoisotopic (exact) mass is 276 g/mol. The van der Waals surface area contributed by atoms with E-state index < -0.39 is 0 Å². The minimum atomic E-state index is -0.193. The van der Waals surface area contributed by atoms with E-state index in [0.717, 1.165) is 5.56 Å². The molecule has 1 amide bonds. The summed E-state index contributed by atoms with van der Waals surface area (Å²) in [7, 11) is 1.56. The van der Waals surface area contributed by atoms with E-state index in [-0.39, 0.29) is 5.91 Å². The van der Waals surface area contributed by atoms with E-state index in [9.17, 15) is 4.79 Å². The number of methoxy groups -OCH3 is 1. The van der Waals surface area contributed by atoms with Gasteiger partial charge in [0.25, 0.3) is 5.91 Å². The number of nitrogens with two attached hydrogens (primary N) is 1. The van der Waals surface area contributed by atoms with Crippen molar-refractivity contribution in [2.75, 3.05) is 12.8 Å². The Morgan fingerprint density at radius 3 is 2.84 bits per heavy atom. The smallest absolute Gasteiger partial charge is 0.253 e. The number of nitrogens with one attached hydrogen (secondary N) is 1. The van der Waals surface area contributed by atoms with Crippen molar-refractivity contribution in [1.82, 2.24) is 5.32 Å². The number of ether oxygens (including phenoxy) is 1. The van der Waals surface area contributed by atoms with Crippen molar-refractivity contribution < 1.29 is 9.53 Å². The number of rotatable bonds is 4. The summed E-state index contributed by atoms with van der Waals surface area (Å²) in [5.41, 5.74) is 9.00. The highest BCUT2D eigenvalue weighted by Crippen LogP contribution is 2.20. The van der Waals surface area contributed by atoms with Crippen LogP contribution in [0.25, 0.3) is 0 Å². The molecular weight excluding hydrogens is 260 g/mol. The molecule has 0 aliphatic heterocycles. The van der Waals surface area contributed by atoms with Crippen molar-refractivity contribution in [2.45, 2.75) is 13.5 Å². The Kier molecular flexibility index (Phi) is 4.06. The van der Waals surface area contributed by atoms with Gasteiger partial charge in [0.1, 0.15) is 5.75 Å². The molecule has 0 aliphatic carbocycles. The first-order valence-corrected chi connectivity index (χ1v) is 6.79. The molecule has 1 heterocycles. The zero-order valence-electron chi connectivity index (χ0n) is 10.9. The molecule has 100 valence electrons. The van der Waals surface area contributed by atoms with Crippen molar-refractivity contribution >= 4 is 22.9 Å². The first kappa shape index (κ1) is 13.4. The molecule has 0 atom stereocenters. The van der Waals surface area contributed by atoms with Crippen LogP contribution in [0.4, 0.5) is 5.69 Å². The molecular formula is C14H16N2O2S. The van der Waals surface area contributed by atoms with E-state index in [1.807, 2.05) is 12.3 Å². The van der Waals surface area contributed by atoms with Crippen LogP contribution >= 0.6 is 11.3 Å². The largest absolute Gasteiger partial charge is 0.497 e. The van der Waals surface area contributed by atoms with Crippen LogP contribution in [0, 0.1) is 6.92 Å². The Balaban J connectivity index is 2.10. The zero-order chi connectivity index (χ0) is 13.8. The summed E-state index contributed by atoms with van der Waals surface area (Å²) < 4.78 is 5.10. The Morgan fingerprint density at radius 1 is 1.42 bits per heavy atom. The van der Waals surface area contributed by atoms with Crippen LogP contribution in [0.3, 0.4) is 0 Å². The summed E-state index contributed by atoms with van der Waals surface area (Å²) >= 11 is 1.63. The van der Waals surface area contributed by atoms with Crippen LogP contribution in [0.5, 0.6) is 5.75 Å². The molecule has 0 spiro atoms. The Morgan fingerprint density at radius 2 is 2.21 bits per heavy atom. The Hall–Kier alpha value is -2.01. The number of benzene rings is 1. The molecule has 19 heavy (non-hydrogen) atoms. The van der Waals surface area contributed by atoms with Crippen molar-refractivity contribution in [3.63, 3.8) is 0 Å². The van der Waals surface area contributed by atoms with Crippen LogP contribution in [0.15, 0.2) is 29.0 Å². The van der Waals surface area contributed by atoms with E-state index in [1.54, 1.807) is 36.6 Å². The van der Waals surface area contributed by atoms with Gasteiger partial charge < -0.3 is 15.8 Å². The third-order valence-corrected chi connectivity index (χ3v) is 3.82. The standard InChI is InChI=1S/C14H16N2O2S/c1-9-7-19-8-10(9)6-16-14(17)12-5-11(18-2)3-4-13(12)15/h3-5,7-8H,6,15H2,1-2H3,(H,16,17). The summed E-state index contributed by atoms with van der Waals surface area (Å²) in [6, 6.07) is 5.05. The molecule has 0 unspecified atom stereocenters. The second-order valence-electron chi connectivity index (χ2n) is 4.22. The number of thiophene rings is 1. The minimum Gasteiger partial charge on any atom is -0.497 e. The lowest BCUT2D eigenvalue weighted by Crippen LogP contribution is -2.23. The molecule has 0 aliphatic rings. The number of nitrogen functional groups attached to an aromatic ring is 1. The van der Waals surface area contributed by atoms with E-state index in [0.29, 0.717) is 23.5 Å². The van der Waals surface area contributed by atoms with Crippen LogP contribution < -0.4 is 15.8 Å². The number of amides is 1. The number of carbonyl (C=O) groups excluding carboxylic acids is 1. The molecule has 1 aromatic carbocycles. The van der Waals surface area contributed by atoms with E-state index in [1.165, 1.54) is 5.56 Å². The highest BCUT2D eigenvalue weighted by molar-refractivity contribution is 7.08. The lowest BCUT2D eigenvalue weighted by Gasteiger charge is -2.09. The average molecular weight is 276 g/mol. The third-order valence-electron chi connectivity index (χ3n) is 2.91. The number of aryl methyl sites for hydroxylation is 1. The minimum absolute atomic E-state index is 0.193. The molecule has 0 saturated heterocycles. The van der Waals surface area contributed by atoms with Gasteiger partial charge in [-0.3, -0.25) is 4.79 Å². The zero-order valence-corrected chi connectivity index (χ0v) is 11.7. The van der Waals surface area contributed by atoms with Gasteiger partial charge >= 0.3 is 0 Å². The second kappa shape index (κ2) is 5.75. The Labute approximate surface area is 116 Å². The molecule has 0 radical (unpaired) electrons. The summed E-state index contributed by atoms with van der Waals surface area (Å²) in [5, 5.41) is 6.96. The van der Waals surface area contributed by atoms with E-state index >= 15 is 0 Å². The molecule has 2 aromatic rings. The van der Waals surface area contributed by atoms with Crippen LogP contribution in [-0.2, 0) is 6.54 Å². The fourth-order valence-corrected chi connectivity index (χ4v) is 2.55. The molecule has 3 N–H and O–H groups in total. The van der Waals surface area contributed by atoms with Gasteiger partial charge in [-0.1, -0.05) is 0 Å². The summed E-state index contributed by atoms with van der Waals surface area (Å²) in [5.74, 6) is 0.424. The maximum atomic E-state index is 12.1. The van der Waals surface area contributed by atoms with Crippen molar-refractivity contribution in [1.29, 1.82) is 0 Å². The number of carbonyl (C=O) groups is 1. The molecule has 0 saturated carbocycles. The lowest BCUT2D eigenvalue weighted by atomic mass is 10.1. The predicted molar refractivity (Wildman–Crippen MR) is 77.6 cm³/mol. The van der Waals surface area contributed by atoms with Crippen molar-refractivity contribution in [3.05, 3.63) is 45.6 Å². The molecule has 5 heteroatoms. The second-order valence-corrected chi connectivity index (χ2v) is 4.96. The van der Waals surface area contributed by atoms with Gasteiger partial charge in [0.2, 0.25) is 0 Å². The van der Waals surface area contributed by atoms with Crippen molar-refractivity contribution in [2.24, 2.45) is 0 Å². The fourth-order valence-electron chi connectivity index (χ4n) is 1.70. The summed E-state index contributed by atoms with van der Waals surface area (Å²) in [6.45, 7) is 2.53. The summed E-state index contributed by atoms with van der Waals surface area (Å²) in [6.07, 6.45) is 0. The molecule has 4 nitrogen and oxygen atoms in total. The normalized spacial score (nSPS) is 10.2. The van der Waals surface area contributed by atoms with E-state index in [2.05, 4.69) is 10.7 Å². The van der Waals surface area contributed by atoms with Gasteiger partial charge in [0.15, 0.2) is 0 Å². The van der Waals surface area contributed by atoms with Crippen molar-refractivity contribution in [3.8, 4) is 5.75 Å². The average Bonchev–Trinajstić information content (AvgIpc) is 2.82. The first-order chi connectivity index (χ1) is 9.11.